The third-order valence-corrected chi connectivity index (χ3v) is 6.88. The number of thiazole rings is 1. The van der Waals surface area contributed by atoms with Crippen molar-refractivity contribution in [2.45, 2.75) is 19.8 Å². The fraction of sp³-hybridized carbons (Fsp3) is 0.333. The third kappa shape index (κ3) is 3.44. The summed E-state index contributed by atoms with van der Waals surface area (Å²) in [5.74, 6) is 2.84. The van der Waals surface area contributed by atoms with Gasteiger partial charge in [-0.15, -0.1) is 11.3 Å². The lowest BCUT2D eigenvalue weighted by Gasteiger charge is -2.12. The lowest BCUT2D eigenvalue weighted by atomic mass is 9.95. The summed E-state index contributed by atoms with van der Waals surface area (Å²) in [5, 5.41) is 9.45. The van der Waals surface area contributed by atoms with Gasteiger partial charge in [0.25, 0.3) is 0 Å². The Bertz CT molecular complexity index is 1170. The Labute approximate surface area is 174 Å². The van der Waals surface area contributed by atoms with Gasteiger partial charge in [0.2, 0.25) is 4.80 Å². The Balaban J connectivity index is 1.54. The smallest absolute Gasteiger partial charge is 0.206 e. The SMILES string of the molecule is CCN=c1scc(-c2ccc3cc(OC)ccc3c2)n1N=CC1CC2C=CC1C2. The molecule has 0 aliphatic heterocycles. The summed E-state index contributed by atoms with van der Waals surface area (Å²) < 4.78 is 7.37. The normalized spacial score (nSPS) is 23.7. The molecule has 2 aliphatic rings. The lowest BCUT2D eigenvalue weighted by molar-refractivity contribution is 0.415. The van der Waals surface area contributed by atoms with Gasteiger partial charge in [0, 0.05) is 29.6 Å². The summed E-state index contributed by atoms with van der Waals surface area (Å²) in [6.45, 7) is 2.82. The summed E-state index contributed by atoms with van der Waals surface area (Å²) in [6.07, 6.45) is 9.42. The molecule has 5 heteroatoms. The highest BCUT2D eigenvalue weighted by molar-refractivity contribution is 7.07. The largest absolute Gasteiger partial charge is 0.497 e. The van der Waals surface area contributed by atoms with Crippen LogP contribution in [-0.4, -0.2) is 24.5 Å². The number of hydrogen-bond donors (Lipinski definition) is 0. The molecule has 1 heterocycles. The molecule has 148 valence electrons. The number of methoxy groups -OCH3 is 1. The molecule has 1 aromatic heterocycles. The van der Waals surface area contributed by atoms with Gasteiger partial charge in [-0.25, -0.2) is 4.68 Å². The molecule has 1 fully saturated rings. The average molecular weight is 404 g/mol. The van der Waals surface area contributed by atoms with Crippen LogP contribution in [0.15, 0.2) is 64.0 Å². The van der Waals surface area contributed by atoms with Crippen molar-refractivity contribution in [3.8, 4) is 17.0 Å². The Kier molecular flexibility index (Phi) is 4.84. The molecule has 5 rings (SSSR count). The summed E-state index contributed by atoms with van der Waals surface area (Å²) in [4.78, 5) is 5.62. The van der Waals surface area contributed by atoms with Crippen molar-refractivity contribution in [1.82, 2.24) is 4.68 Å². The minimum atomic E-state index is 0.545. The second-order valence-corrected chi connectivity index (χ2v) is 8.66. The zero-order valence-corrected chi connectivity index (χ0v) is 17.6. The van der Waals surface area contributed by atoms with Crippen molar-refractivity contribution < 1.29 is 4.74 Å². The van der Waals surface area contributed by atoms with Gasteiger partial charge >= 0.3 is 0 Å². The van der Waals surface area contributed by atoms with Gasteiger partial charge in [0.1, 0.15) is 5.75 Å². The number of allylic oxidation sites excluding steroid dienone is 2. The fourth-order valence-corrected chi connectivity index (χ4v) is 5.41. The van der Waals surface area contributed by atoms with Crippen molar-refractivity contribution in [2.75, 3.05) is 13.7 Å². The molecule has 0 spiro atoms. The highest BCUT2D eigenvalue weighted by atomic mass is 32.1. The summed E-state index contributed by atoms with van der Waals surface area (Å²) >= 11 is 1.65. The molecule has 2 aliphatic carbocycles. The molecule has 29 heavy (non-hydrogen) atoms. The van der Waals surface area contributed by atoms with E-state index in [4.69, 9.17) is 9.84 Å². The minimum absolute atomic E-state index is 0.545. The second kappa shape index (κ2) is 7.64. The van der Waals surface area contributed by atoms with Gasteiger partial charge in [-0.1, -0.05) is 30.4 Å². The predicted molar refractivity (Wildman–Crippen MR) is 121 cm³/mol. The third-order valence-electron chi connectivity index (χ3n) is 6.03. The van der Waals surface area contributed by atoms with Gasteiger partial charge in [0.15, 0.2) is 0 Å². The van der Waals surface area contributed by atoms with Crippen molar-refractivity contribution in [3.63, 3.8) is 0 Å². The van der Waals surface area contributed by atoms with Crippen LogP contribution in [0.5, 0.6) is 5.75 Å². The van der Waals surface area contributed by atoms with E-state index in [1.165, 1.54) is 23.6 Å². The van der Waals surface area contributed by atoms with Gasteiger partial charge in [-0.2, -0.15) is 5.10 Å². The standard InChI is InChI=1S/C24H25N3OS/c1-3-25-24-27(26-14-21-11-16-4-5-17(21)10-16)23(15-29-24)20-7-6-19-13-22(28-2)9-8-18(19)12-20/h4-9,12-17,21H,3,10-11H2,1-2H3. The van der Waals surface area contributed by atoms with Crippen LogP contribution in [0.25, 0.3) is 22.0 Å². The predicted octanol–water partition coefficient (Wildman–Crippen LogP) is 5.35. The summed E-state index contributed by atoms with van der Waals surface area (Å²) in [7, 11) is 1.70. The monoisotopic (exact) mass is 403 g/mol. The van der Waals surface area contributed by atoms with Gasteiger partial charge < -0.3 is 4.74 Å². The molecular formula is C24H25N3OS. The first kappa shape index (κ1) is 18.4. The van der Waals surface area contributed by atoms with E-state index >= 15 is 0 Å². The van der Waals surface area contributed by atoms with Crippen LogP contribution in [0.3, 0.4) is 0 Å². The molecule has 0 radical (unpaired) electrons. The van der Waals surface area contributed by atoms with Crippen LogP contribution in [0.1, 0.15) is 19.8 Å². The number of nitrogens with zero attached hydrogens (tertiary/aromatic N) is 3. The molecule has 2 aromatic carbocycles. The lowest BCUT2D eigenvalue weighted by Crippen LogP contribution is -2.15. The maximum Gasteiger partial charge on any atom is 0.206 e. The average Bonchev–Trinajstić information content (AvgIpc) is 3.47. The Morgan fingerprint density at radius 1 is 1.14 bits per heavy atom. The molecule has 3 aromatic rings. The van der Waals surface area contributed by atoms with Gasteiger partial charge in [-0.05, 0) is 60.6 Å². The van der Waals surface area contributed by atoms with E-state index in [1.807, 2.05) is 10.7 Å². The van der Waals surface area contributed by atoms with Crippen molar-refractivity contribution >= 4 is 28.3 Å². The van der Waals surface area contributed by atoms with E-state index < -0.39 is 0 Å². The quantitative estimate of drug-likeness (QED) is 0.418. The molecule has 0 amide bonds. The number of hydrogen-bond acceptors (Lipinski definition) is 4. The molecular weight excluding hydrogens is 378 g/mol. The number of ether oxygens (including phenoxy) is 1. The highest BCUT2D eigenvalue weighted by Gasteiger charge is 2.34. The number of fused-ring (bicyclic) bond motifs is 3. The first-order chi connectivity index (χ1) is 14.2. The van der Waals surface area contributed by atoms with Crippen LogP contribution in [0.2, 0.25) is 0 Å². The Morgan fingerprint density at radius 3 is 2.76 bits per heavy atom. The number of rotatable bonds is 5. The maximum absolute atomic E-state index is 5.35. The Hall–Kier alpha value is -2.66. The molecule has 1 saturated carbocycles. The van der Waals surface area contributed by atoms with E-state index in [2.05, 4.69) is 66.0 Å². The maximum atomic E-state index is 5.35. The van der Waals surface area contributed by atoms with E-state index in [0.717, 1.165) is 34.3 Å². The van der Waals surface area contributed by atoms with Crippen molar-refractivity contribution in [2.24, 2.45) is 27.8 Å². The van der Waals surface area contributed by atoms with Crippen LogP contribution >= 0.6 is 11.3 Å². The van der Waals surface area contributed by atoms with Crippen molar-refractivity contribution in [1.29, 1.82) is 0 Å². The van der Waals surface area contributed by atoms with E-state index in [1.54, 1.807) is 18.4 Å². The molecule has 4 nitrogen and oxygen atoms in total. The zero-order valence-electron chi connectivity index (χ0n) is 16.8. The van der Waals surface area contributed by atoms with E-state index in [0.29, 0.717) is 11.8 Å². The summed E-state index contributed by atoms with van der Waals surface area (Å²) in [5.41, 5.74) is 2.25. The zero-order chi connectivity index (χ0) is 19.8. The second-order valence-electron chi connectivity index (χ2n) is 7.83. The fourth-order valence-electron chi connectivity index (χ4n) is 4.51. The molecule has 3 unspecified atom stereocenters. The highest BCUT2D eigenvalue weighted by Crippen LogP contribution is 2.42. The molecule has 2 bridgehead atoms. The molecule has 0 saturated heterocycles. The molecule has 3 atom stereocenters. The summed E-state index contributed by atoms with van der Waals surface area (Å²) in [6, 6.07) is 12.7. The van der Waals surface area contributed by atoms with Crippen LogP contribution in [-0.2, 0) is 0 Å². The van der Waals surface area contributed by atoms with Crippen molar-refractivity contribution in [3.05, 3.63) is 58.7 Å². The topological polar surface area (TPSA) is 38.9 Å². The number of aromatic nitrogens is 1. The Morgan fingerprint density at radius 2 is 2.00 bits per heavy atom. The van der Waals surface area contributed by atoms with Gasteiger partial charge in [0.05, 0.1) is 12.8 Å². The molecule has 0 N–H and O–H groups in total. The van der Waals surface area contributed by atoms with E-state index in [-0.39, 0.29) is 0 Å². The van der Waals surface area contributed by atoms with E-state index in [9.17, 15) is 0 Å². The van der Waals surface area contributed by atoms with Gasteiger partial charge in [-0.3, -0.25) is 4.99 Å². The van der Waals surface area contributed by atoms with Crippen LogP contribution < -0.4 is 9.54 Å². The van der Waals surface area contributed by atoms with Crippen LogP contribution in [0, 0.1) is 17.8 Å². The first-order valence-electron chi connectivity index (χ1n) is 10.3. The van der Waals surface area contributed by atoms with Crippen LogP contribution in [0.4, 0.5) is 0 Å². The number of benzene rings is 2. The first-order valence-corrected chi connectivity index (χ1v) is 11.1. The minimum Gasteiger partial charge on any atom is -0.497 e.